The minimum atomic E-state index is 0.194. The predicted octanol–water partition coefficient (Wildman–Crippen LogP) is 3.12. The van der Waals surface area contributed by atoms with E-state index in [9.17, 15) is 0 Å². The van der Waals surface area contributed by atoms with Crippen molar-refractivity contribution < 1.29 is 0 Å². The van der Waals surface area contributed by atoms with Crippen LogP contribution in [0.25, 0.3) is 0 Å². The summed E-state index contributed by atoms with van der Waals surface area (Å²) in [6.45, 7) is 9.36. The van der Waals surface area contributed by atoms with E-state index in [2.05, 4.69) is 50.1 Å². The lowest BCUT2D eigenvalue weighted by Gasteiger charge is -2.19. The first kappa shape index (κ1) is 12.7. The lowest BCUT2D eigenvalue weighted by atomic mass is 9.87. The molecule has 18 heavy (non-hydrogen) atoms. The molecule has 0 aliphatic carbocycles. The monoisotopic (exact) mass is 243 g/mol. The molecule has 0 aliphatic heterocycles. The zero-order valence-corrected chi connectivity index (χ0v) is 11.6. The molecule has 0 saturated carbocycles. The number of aryl methyl sites for hydroxylation is 1. The quantitative estimate of drug-likeness (QED) is 0.880. The molecule has 0 radical (unpaired) electrons. The van der Waals surface area contributed by atoms with E-state index in [-0.39, 0.29) is 5.41 Å². The van der Waals surface area contributed by atoms with Crippen molar-refractivity contribution in [3.05, 3.63) is 47.2 Å². The van der Waals surface area contributed by atoms with Crippen molar-refractivity contribution in [1.82, 2.24) is 9.78 Å². The summed E-state index contributed by atoms with van der Waals surface area (Å²) in [7, 11) is 0. The second kappa shape index (κ2) is 4.48. The van der Waals surface area contributed by atoms with Crippen LogP contribution in [0.1, 0.15) is 37.5 Å². The molecule has 0 bridgehead atoms. The number of rotatable bonds is 2. The van der Waals surface area contributed by atoms with Crippen molar-refractivity contribution in [3.8, 4) is 0 Å². The fourth-order valence-electron chi connectivity index (χ4n) is 1.90. The van der Waals surface area contributed by atoms with Crippen LogP contribution < -0.4 is 5.73 Å². The highest BCUT2D eigenvalue weighted by Gasteiger charge is 2.13. The Bertz CT molecular complexity index is 530. The van der Waals surface area contributed by atoms with Gasteiger partial charge in [-0.3, -0.25) is 0 Å². The molecule has 0 spiro atoms. The molecule has 2 aromatic rings. The van der Waals surface area contributed by atoms with Gasteiger partial charge in [0, 0.05) is 5.56 Å². The number of nitrogen functional groups attached to an aromatic ring is 1. The topological polar surface area (TPSA) is 43.8 Å². The molecule has 2 N–H and O–H groups in total. The minimum absolute atomic E-state index is 0.194. The van der Waals surface area contributed by atoms with Gasteiger partial charge >= 0.3 is 0 Å². The number of nitrogens with zero attached hydrogens (tertiary/aromatic N) is 2. The summed E-state index contributed by atoms with van der Waals surface area (Å²) in [4.78, 5) is 0. The predicted molar refractivity (Wildman–Crippen MR) is 75.6 cm³/mol. The molecule has 0 unspecified atom stereocenters. The third-order valence-electron chi connectivity index (χ3n) is 3.23. The number of aromatic nitrogens is 2. The van der Waals surface area contributed by atoms with Crippen LogP contribution in [0, 0.1) is 6.92 Å². The van der Waals surface area contributed by atoms with Gasteiger partial charge in [0.1, 0.15) is 5.82 Å². The van der Waals surface area contributed by atoms with Crippen LogP contribution in [0.5, 0.6) is 0 Å². The van der Waals surface area contributed by atoms with Gasteiger partial charge < -0.3 is 5.73 Å². The molecule has 3 heteroatoms. The smallest absolute Gasteiger partial charge is 0.124 e. The van der Waals surface area contributed by atoms with Crippen LogP contribution >= 0.6 is 0 Å². The van der Waals surface area contributed by atoms with Gasteiger partial charge in [0.2, 0.25) is 0 Å². The first-order chi connectivity index (χ1) is 8.38. The van der Waals surface area contributed by atoms with E-state index in [0.717, 1.165) is 17.9 Å². The van der Waals surface area contributed by atoms with Crippen molar-refractivity contribution in [3.63, 3.8) is 0 Å². The van der Waals surface area contributed by atoms with Crippen LogP contribution in [-0.4, -0.2) is 9.78 Å². The molecule has 96 valence electrons. The van der Waals surface area contributed by atoms with Gasteiger partial charge in [0.25, 0.3) is 0 Å². The van der Waals surface area contributed by atoms with Crippen LogP contribution in [0.4, 0.5) is 5.82 Å². The zero-order valence-electron chi connectivity index (χ0n) is 11.6. The van der Waals surface area contributed by atoms with Gasteiger partial charge in [-0.15, -0.1) is 0 Å². The highest BCUT2D eigenvalue weighted by atomic mass is 15.3. The third kappa shape index (κ3) is 2.55. The summed E-state index contributed by atoms with van der Waals surface area (Å²) in [5, 5.41) is 4.27. The van der Waals surface area contributed by atoms with Crippen molar-refractivity contribution in [2.24, 2.45) is 0 Å². The molecule has 0 saturated heterocycles. The Morgan fingerprint density at radius 2 is 1.78 bits per heavy atom. The van der Waals surface area contributed by atoms with Crippen molar-refractivity contribution >= 4 is 5.82 Å². The summed E-state index contributed by atoms with van der Waals surface area (Å²) in [6.07, 6.45) is 1.80. The van der Waals surface area contributed by atoms with Gasteiger partial charge in [-0.2, -0.15) is 5.10 Å². The maximum absolute atomic E-state index is 5.95. The first-order valence-electron chi connectivity index (χ1n) is 6.25. The van der Waals surface area contributed by atoms with Gasteiger partial charge in [-0.05, 0) is 23.5 Å². The maximum Gasteiger partial charge on any atom is 0.124 e. The Hall–Kier alpha value is -1.77. The van der Waals surface area contributed by atoms with Gasteiger partial charge in [-0.1, -0.05) is 45.0 Å². The van der Waals surface area contributed by atoms with Gasteiger partial charge in [0.15, 0.2) is 0 Å². The van der Waals surface area contributed by atoms with Gasteiger partial charge in [-0.25, -0.2) is 4.68 Å². The Labute approximate surface area is 109 Å². The Morgan fingerprint density at radius 3 is 2.22 bits per heavy atom. The average molecular weight is 243 g/mol. The van der Waals surface area contributed by atoms with Crippen LogP contribution in [0.3, 0.4) is 0 Å². The Kier molecular flexibility index (Phi) is 3.16. The van der Waals surface area contributed by atoms with Crippen LogP contribution in [0.2, 0.25) is 0 Å². The Balaban J connectivity index is 2.19. The van der Waals surface area contributed by atoms with Crippen molar-refractivity contribution in [2.45, 2.75) is 39.7 Å². The molecule has 0 amide bonds. The molecule has 2 rings (SSSR count). The normalized spacial score (nSPS) is 11.8. The second-order valence-corrected chi connectivity index (χ2v) is 5.82. The summed E-state index contributed by atoms with van der Waals surface area (Å²) in [6, 6.07) is 8.66. The number of hydrogen-bond acceptors (Lipinski definition) is 2. The number of nitrogens with two attached hydrogens (primary N) is 1. The van der Waals surface area contributed by atoms with E-state index >= 15 is 0 Å². The number of hydrogen-bond donors (Lipinski definition) is 1. The van der Waals surface area contributed by atoms with E-state index in [4.69, 9.17) is 5.73 Å². The summed E-state index contributed by atoms with van der Waals surface area (Å²) >= 11 is 0. The fraction of sp³-hybridized carbons (Fsp3) is 0.400. The molecular formula is C15H21N3. The number of anilines is 1. The molecule has 1 aromatic heterocycles. The second-order valence-electron chi connectivity index (χ2n) is 5.82. The van der Waals surface area contributed by atoms with E-state index in [0.29, 0.717) is 0 Å². The SMILES string of the molecule is Cc1cnn(Cc2ccc(C(C)(C)C)cc2)c1N. The lowest BCUT2D eigenvalue weighted by molar-refractivity contribution is 0.589. The average Bonchev–Trinajstić information content (AvgIpc) is 2.61. The molecular weight excluding hydrogens is 222 g/mol. The van der Waals surface area contributed by atoms with Crippen molar-refractivity contribution in [2.75, 3.05) is 5.73 Å². The molecule has 0 fully saturated rings. The Morgan fingerprint density at radius 1 is 1.17 bits per heavy atom. The first-order valence-corrected chi connectivity index (χ1v) is 6.25. The lowest BCUT2D eigenvalue weighted by Crippen LogP contribution is -2.11. The summed E-state index contributed by atoms with van der Waals surface area (Å²) < 4.78 is 1.83. The van der Waals surface area contributed by atoms with E-state index < -0.39 is 0 Å². The van der Waals surface area contributed by atoms with Gasteiger partial charge in [0.05, 0.1) is 12.7 Å². The largest absolute Gasteiger partial charge is 0.384 e. The highest BCUT2D eigenvalue weighted by Crippen LogP contribution is 2.22. The molecule has 1 aromatic carbocycles. The van der Waals surface area contributed by atoms with Crippen molar-refractivity contribution in [1.29, 1.82) is 0 Å². The number of benzene rings is 1. The zero-order chi connectivity index (χ0) is 13.3. The minimum Gasteiger partial charge on any atom is -0.384 e. The summed E-state index contributed by atoms with van der Waals surface area (Å²) in [5.41, 5.74) is 9.74. The van der Waals surface area contributed by atoms with Crippen LogP contribution in [-0.2, 0) is 12.0 Å². The standard InChI is InChI=1S/C15H21N3/c1-11-9-17-18(14(11)16)10-12-5-7-13(8-6-12)15(2,3)4/h5-9H,10,16H2,1-4H3. The highest BCUT2D eigenvalue weighted by molar-refractivity contribution is 5.38. The van der Waals surface area contributed by atoms with E-state index in [1.165, 1.54) is 11.1 Å². The van der Waals surface area contributed by atoms with E-state index in [1.54, 1.807) is 6.20 Å². The third-order valence-corrected chi connectivity index (χ3v) is 3.23. The molecule has 1 heterocycles. The maximum atomic E-state index is 5.95. The molecule has 3 nitrogen and oxygen atoms in total. The van der Waals surface area contributed by atoms with E-state index in [1.807, 2.05) is 11.6 Å². The fourth-order valence-corrected chi connectivity index (χ4v) is 1.90. The van der Waals surface area contributed by atoms with Crippen LogP contribution in [0.15, 0.2) is 30.5 Å². The molecule has 0 aliphatic rings. The summed E-state index contributed by atoms with van der Waals surface area (Å²) in [5.74, 6) is 0.745. The molecule has 0 atom stereocenters.